The van der Waals surface area contributed by atoms with Gasteiger partial charge in [-0.05, 0) is 41.8 Å². The van der Waals surface area contributed by atoms with Gasteiger partial charge in [-0.15, -0.1) is 0 Å². The van der Waals surface area contributed by atoms with Gasteiger partial charge in [0.05, 0.1) is 11.2 Å². The van der Waals surface area contributed by atoms with Gasteiger partial charge in [-0.1, -0.05) is 38.1 Å². The average molecular weight is 445 g/mol. The number of fused-ring (bicyclic) bond motifs is 1. The van der Waals surface area contributed by atoms with Gasteiger partial charge >= 0.3 is 5.69 Å². The van der Waals surface area contributed by atoms with Crippen LogP contribution >= 0.6 is 0 Å². The number of carbonyl (C=O) groups is 1. The second-order valence-corrected chi connectivity index (χ2v) is 8.72. The maximum atomic E-state index is 15.3. The Labute approximate surface area is 189 Å². The Morgan fingerprint density at radius 2 is 1.94 bits per heavy atom. The maximum absolute atomic E-state index is 15.3. The summed E-state index contributed by atoms with van der Waals surface area (Å²) >= 11 is 0. The number of aromatic amines is 1. The molecule has 0 saturated carbocycles. The summed E-state index contributed by atoms with van der Waals surface area (Å²) in [5.41, 5.74) is 2.00. The molecule has 1 saturated heterocycles. The predicted octanol–water partition coefficient (Wildman–Crippen LogP) is 3.89. The van der Waals surface area contributed by atoms with Crippen molar-refractivity contribution in [3.8, 4) is 16.8 Å². The lowest BCUT2D eigenvalue weighted by molar-refractivity contribution is -0.133. The van der Waals surface area contributed by atoms with Crippen LogP contribution in [0.3, 0.4) is 0 Å². The van der Waals surface area contributed by atoms with Crippen molar-refractivity contribution in [1.82, 2.24) is 24.6 Å². The Balaban J connectivity index is 1.48. The Bertz CT molecular complexity index is 1410. The molecule has 2 aromatic carbocycles. The van der Waals surface area contributed by atoms with E-state index in [2.05, 4.69) is 15.2 Å². The molecule has 8 heteroatoms. The van der Waals surface area contributed by atoms with E-state index in [0.717, 1.165) is 16.5 Å². The number of H-pyrrole nitrogens is 1. The minimum atomic E-state index is -0.522. The number of hydrogen-bond acceptors (Lipinski definition) is 4. The molecular formula is C25H24FN5O2. The monoisotopic (exact) mass is 445 g/mol. The molecular weight excluding hydrogens is 421 g/mol. The number of amides is 1. The molecule has 168 valence electrons. The molecule has 3 heterocycles. The van der Waals surface area contributed by atoms with Crippen LogP contribution in [-0.2, 0) is 4.79 Å². The summed E-state index contributed by atoms with van der Waals surface area (Å²) in [6.45, 7) is 4.79. The highest BCUT2D eigenvalue weighted by molar-refractivity contribution is 5.84. The number of benzene rings is 2. The van der Waals surface area contributed by atoms with Crippen LogP contribution in [0.5, 0.6) is 0 Å². The van der Waals surface area contributed by atoms with Gasteiger partial charge in [0.25, 0.3) is 0 Å². The topological polar surface area (TPSA) is 83.9 Å². The molecule has 1 unspecified atom stereocenters. The lowest BCUT2D eigenvalue weighted by Crippen LogP contribution is -2.32. The molecule has 7 nitrogen and oxygen atoms in total. The van der Waals surface area contributed by atoms with E-state index in [0.29, 0.717) is 30.9 Å². The van der Waals surface area contributed by atoms with Gasteiger partial charge in [0.1, 0.15) is 11.6 Å². The lowest BCUT2D eigenvalue weighted by Gasteiger charge is -2.18. The van der Waals surface area contributed by atoms with E-state index in [1.807, 2.05) is 44.2 Å². The van der Waals surface area contributed by atoms with E-state index in [-0.39, 0.29) is 23.4 Å². The second-order valence-electron chi connectivity index (χ2n) is 8.72. The first-order valence-electron chi connectivity index (χ1n) is 11.0. The molecule has 1 atom stereocenters. The Hall–Kier alpha value is -3.81. The van der Waals surface area contributed by atoms with Crippen LogP contribution < -0.4 is 5.69 Å². The zero-order valence-electron chi connectivity index (χ0n) is 18.5. The highest BCUT2D eigenvalue weighted by atomic mass is 19.1. The summed E-state index contributed by atoms with van der Waals surface area (Å²) in [7, 11) is 0. The minimum Gasteiger partial charge on any atom is -0.342 e. The van der Waals surface area contributed by atoms with E-state index in [4.69, 9.17) is 0 Å². The van der Waals surface area contributed by atoms with Gasteiger partial charge in [0, 0.05) is 36.5 Å². The Morgan fingerprint density at radius 3 is 2.73 bits per heavy atom. The van der Waals surface area contributed by atoms with Crippen LogP contribution in [0.2, 0.25) is 0 Å². The standard InChI is InChI=1S/C25H24FN5O2/c1-15(2)24(32)30-11-9-19(14-30)23-28-29-25(33)31(23)22-8-7-17(12-20(22)26)18-6-5-16-4-3-10-27-21(16)13-18/h3-8,10,12-13,15,19H,9,11,14H2,1-2H3,(H,29,33). The van der Waals surface area contributed by atoms with E-state index in [1.54, 1.807) is 23.2 Å². The number of carbonyl (C=O) groups excluding carboxylic acids is 1. The zero-order chi connectivity index (χ0) is 23.1. The lowest BCUT2D eigenvalue weighted by atomic mass is 10.0. The number of nitrogens with zero attached hydrogens (tertiary/aromatic N) is 4. The van der Waals surface area contributed by atoms with Crippen molar-refractivity contribution in [3.05, 3.63) is 76.9 Å². The third kappa shape index (κ3) is 3.82. The molecule has 1 aliphatic heterocycles. The number of halogens is 1. The molecule has 1 aliphatic rings. The van der Waals surface area contributed by atoms with Crippen molar-refractivity contribution in [3.63, 3.8) is 0 Å². The summed E-state index contributed by atoms with van der Waals surface area (Å²) in [5, 5.41) is 7.64. The van der Waals surface area contributed by atoms with Gasteiger partial charge in [-0.25, -0.2) is 18.9 Å². The van der Waals surface area contributed by atoms with E-state index >= 15 is 4.39 Å². The molecule has 2 aromatic heterocycles. The molecule has 0 spiro atoms. The van der Waals surface area contributed by atoms with Crippen molar-refractivity contribution < 1.29 is 9.18 Å². The predicted molar refractivity (Wildman–Crippen MR) is 124 cm³/mol. The fourth-order valence-corrected chi connectivity index (χ4v) is 4.47. The first-order chi connectivity index (χ1) is 15.9. The number of likely N-dealkylation sites (tertiary alicyclic amines) is 1. The van der Waals surface area contributed by atoms with Crippen molar-refractivity contribution in [2.45, 2.75) is 26.2 Å². The molecule has 5 rings (SSSR count). The fourth-order valence-electron chi connectivity index (χ4n) is 4.47. The number of pyridine rings is 1. The third-order valence-corrected chi connectivity index (χ3v) is 6.19. The highest BCUT2D eigenvalue weighted by Crippen LogP contribution is 2.30. The van der Waals surface area contributed by atoms with Crippen LogP contribution in [0.4, 0.5) is 4.39 Å². The third-order valence-electron chi connectivity index (χ3n) is 6.19. The Morgan fingerprint density at radius 1 is 1.15 bits per heavy atom. The summed E-state index contributed by atoms with van der Waals surface area (Å²) in [6, 6.07) is 14.4. The second kappa shape index (κ2) is 8.27. The van der Waals surface area contributed by atoms with Crippen molar-refractivity contribution in [1.29, 1.82) is 0 Å². The number of hydrogen-bond donors (Lipinski definition) is 1. The largest absolute Gasteiger partial charge is 0.348 e. The average Bonchev–Trinajstić information content (AvgIpc) is 3.45. The normalized spacial score (nSPS) is 16.1. The molecule has 0 aliphatic carbocycles. The smallest absolute Gasteiger partial charge is 0.342 e. The SMILES string of the molecule is CC(C)C(=O)N1CCC(c2n[nH]c(=O)n2-c2ccc(-c3ccc4cccnc4c3)cc2F)C1. The molecule has 1 fully saturated rings. The first-order valence-corrected chi connectivity index (χ1v) is 11.0. The highest BCUT2D eigenvalue weighted by Gasteiger charge is 2.32. The van der Waals surface area contributed by atoms with E-state index in [9.17, 15) is 9.59 Å². The molecule has 0 bridgehead atoms. The van der Waals surface area contributed by atoms with Crippen molar-refractivity contribution in [2.24, 2.45) is 5.92 Å². The maximum Gasteiger partial charge on any atom is 0.348 e. The summed E-state index contributed by atoms with van der Waals surface area (Å²) in [6.07, 6.45) is 2.40. The number of nitrogens with one attached hydrogen (secondary N) is 1. The molecule has 4 aromatic rings. The van der Waals surface area contributed by atoms with Crippen LogP contribution in [0.1, 0.15) is 32.0 Å². The van der Waals surface area contributed by atoms with Gasteiger partial charge in [0.2, 0.25) is 5.91 Å². The summed E-state index contributed by atoms with van der Waals surface area (Å²) in [5.74, 6) is -0.243. The fraction of sp³-hybridized carbons (Fsp3) is 0.280. The number of aromatic nitrogens is 4. The van der Waals surface area contributed by atoms with Gasteiger partial charge < -0.3 is 4.90 Å². The van der Waals surface area contributed by atoms with Gasteiger partial charge in [0.15, 0.2) is 0 Å². The molecule has 1 N–H and O–H groups in total. The quantitative estimate of drug-likeness (QED) is 0.517. The zero-order valence-corrected chi connectivity index (χ0v) is 18.5. The van der Waals surface area contributed by atoms with Crippen molar-refractivity contribution in [2.75, 3.05) is 13.1 Å². The van der Waals surface area contributed by atoms with E-state index < -0.39 is 11.5 Å². The summed E-state index contributed by atoms with van der Waals surface area (Å²) < 4.78 is 16.6. The van der Waals surface area contributed by atoms with Crippen LogP contribution in [0, 0.1) is 11.7 Å². The van der Waals surface area contributed by atoms with Gasteiger partial charge in [-0.2, -0.15) is 5.10 Å². The first kappa shape index (κ1) is 21.1. The van der Waals surface area contributed by atoms with Crippen molar-refractivity contribution >= 4 is 16.8 Å². The summed E-state index contributed by atoms with van der Waals surface area (Å²) in [4.78, 5) is 31.1. The molecule has 1 amide bonds. The van der Waals surface area contributed by atoms with Gasteiger partial charge in [-0.3, -0.25) is 9.78 Å². The van der Waals surface area contributed by atoms with Crippen LogP contribution in [-0.4, -0.2) is 43.6 Å². The van der Waals surface area contributed by atoms with Crippen LogP contribution in [0.15, 0.2) is 59.5 Å². The minimum absolute atomic E-state index is 0.0716. The number of rotatable bonds is 4. The van der Waals surface area contributed by atoms with E-state index in [1.165, 1.54) is 10.6 Å². The molecule has 33 heavy (non-hydrogen) atoms. The Kier molecular flexibility index (Phi) is 5.28. The van der Waals surface area contributed by atoms with Crippen LogP contribution in [0.25, 0.3) is 27.7 Å². The molecule has 0 radical (unpaired) electrons.